The van der Waals surface area contributed by atoms with Gasteiger partial charge < -0.3 is 0 Å². The highest BCUT2D eigenvalue weighted by molar-refractivity contribution is 7.89. The molecule has 0 radical (unpaired) electrons. The van der Waals surface area contributed by atoms with Crippen LogP contribution in [-0.4, -0.2) is 34.9 Å². The van der Waals surface area contributed by atoms with E-state index in [-0.39, 0.29) is 11.4 Å². The molecule has 0 aliphatic carbocycles. The average Bonchev–Trinajstić information content (AvgIpc) is 2.86. The molecular formula is C11H17N5O2S. The van der Waals surface area contributed by atoms with Crippen LogP contribution >= 0.6 is 0 Å². The first kappa shape index (κ1) is 13.8. The van der Waals surface area contributed by atoms with Crippen molar-refractivity contribution in [3.63, 3.8) is 0 Å². The number of H-pyrrole nitrogens is 1. The van der Waals surface area contributed by atoms with E-state index >= 15 is 0 Å². The summed E-state index contributed by atoms with van der Waals surface area (Å²) in [6, 6.07) is 0. The summed E-state index contributed by atoms with van der Waals surface area (Å²) in [7, 11) is -3.53. The maximum atomic E-state index is 12.1. The zero-order valence-corrected chi connectivity index (χ0v) is 12.0. The lowest BCUT2D eigenvalue weighted by molar-refractivity contribution is 0.560. The van der Waals surface area contributed by atoms with Gasteiger partial charge in [-0.05, 0) is 26.3 Å². The Morgan fingerprint density at radius 1 is 1.37 bits per heavy atom. The van der Waals surface area contributed by atoms with E-state index < -0.39 is 10.0 Å². The van der Waals surface area contributed by atoms with Crippen molar-refractivity contribution < 1.29 is 8.42 Å². The largest absolute Gasteiger partial charge is 0.281 e. The average molecular weight is 283 g/mol. The molecule has 0 aliphatic heterocycles. The Labute approximate surface area is 112 Å². The smallest absolute Gasteiger partial charge is 0.244 e. The van der Waals surface area contributed by atoms with Crippen molar-refractivity contribution in [2.24, 2.45) is 0 Å². The molecule has 0 saturated heterocycles. The Morgan fingerprint density at radius 3 is 2.63 bits per heavy atom. The molecular weight excluding hydrogens is 266 g/mol. The molecule has 8 heteroatoms. The number of rotatable bonds is 5. The number of aromatic amines is 1. The highest BCUT2D eigenvalue weighted by Crippen LogP contribution is 2.15. The van der Waals surface area contributed by atoms with Crippen LogP contribution in [0.25, 0.3) is 0 Å². The lowest BCUT2D eigenvalue weighted by atomic mass is 10.4. The minimum atomic E-state index is -3.53. The van der Waals surface area contributed by atoms with Crippen LogP contribution in [0.3, 0.4) is 0 Å². The third kappa shape index (κ3) is 3.02. The molecule has 19 heavy (non-hydrogen) atoms. The molecule has 7 nitrogen and oxygen atoms in total. The molecule has 2 heterocycles. The second-order valence-corrected chi connectivity index (χ2v) is 6.15. The molecule has 104 valence electrons. The van der Waals surface area contributed by atoms with Crippen LogP contribution in [0.5, 0.6) is 0 Å². The van der Waals surface area contributed by atoms with E-state index in [4.69, 9.17) is 0 Å². The summed E-state index contributed by atoms with van der Waals surface area (Å²) in [4.78, 5) is 0.226. The predicted molar refractivity (Wildman–Crippen MR) is 70.2 cm³/mol. The summed E-state index contributed by atoms with van der Waals surface area (Å²) in [6.45, 7) is 6.06. The van der Waals surface area contributed by atoms with Gasteiger partial charge in [0.2, 0.25) is 10.0 Å². The third-order valence-corrected chi connectivity index (χ3v) is 4.45. The van der Waals surface area contributed by atoms with Gasteiger partial charge in [0.05, 0.1) is 24.1 Å². The predicted octanol–water partition coefficient (Wildman–Crippen LogP) is 0.510. The molecule has 2 N–H and O–H groups in total. The number of nitrogens with zero attached hydrogens (tertiary/aromatic N) is 3. The van der Waals surface area contributed by atoms with Gasteiger partial charge in [-0.2, -0.15) is 10.2 Å². The molecule has 2 aromatic rings. The topological polar surface area (TPSA) is 92.7 Å². The molecule has 0 spiro atoms. The molecule has 2 rings (SSSR count). The van der Waals surface area contributed by atoms with Gasteiger partial charge in [0.1, 0.15) is 4.90 Å². The number of nitrogens with one attached hydrogen (secondary N) is 2. The minimum Gasteiger partial charge on any atom is -0.281 e. The van der Waals surface area contributed by atoms with Crippen LogP contribution < -0.4 is 4.72 Å². The van der Waals surface area contributed by atoms with Crippen molar-refractivity contribution in [1.29, 1.82) is 0 Å². The van der Waals surface area contributed by atoms with E-state index in [1.165, 1.54) is 0 Å². The standard InChI is InChI=1S/C11H17N5O2S/c1-8-6-12-16(7-8)5-4-13-19(17,18)11-9(2)14-15-10(11)3/h6-7,13H,4-5H2,1-3H3,(H,14,15). The fraction of sp³-hybridized carbons (Fsp3) is 0.455. The first-order valence-corrected chi connectivity index (χ1v) is 7.39. The van der Waals surface area contributed by atoms with E-state index in [1.807, 2.05) is 13.1 Å². The van der Waals surface area contributed by atoms with Crippen molar-refractivity contribution in [3.05, 3.63) is 29.3 Å². The molecule has 0 atom stereocenters. The number of aromatic nitrogens is 4. The van der Waals surface area contributed by atoms with E-state index in [2.05, 4.69) is 20.0 Å². The molecule has 0 bridgehead atoms. The number of hydrogen-bond donors (Lipinski definition) is 2. The maximum absolute atomic E-state index is 12.1. The van der Waals surface area contributed by atoms with E-state index in [0.29, 0.717) is 17.9 Å². The van der Waals surface area contributed by atoms with E-state index in [0.717, 1.165) is 5.56 Å². The zero-order chi connectivity index (χ0) is 14.0. The molecule has 0 saturated carbocycles. The lowest BCUT2D eigenvalue weighted by Crippen LogP contribution is -2.28. The molecule has 0 aliphatic rings. The maximum Gasteiger partial charge on any atom is 0.244 e. The van der Waals surface area contributed by atoms with Gasteiger partial charge in [-0.1, -0.05) is 0 Å². The van der Waals surface area contributed by atoms with Crippen LogP contribution in [0.4, 0.5) is 0 Å². The third-order valence-electron chi connectivity index (χ3n) is 2.72. The summed E-state index contributed by atoms with van der Waals surface area (Å²) in [5.74, 6) is 0. The van der Waals surface area contributed by atoms with Crippen LogP contribution in [0, 0.1) is 20.8 Å². The quantitative estimate of drug-likeness (QED) is 0.836. The Kier molecular flexibility index (Phi) is 3.72. The Bertz CT molecular complexity index is 652. The van der Waals surface area contributed by atoms with E-state index in [9.17, 15) is 8.42 Å². The minimum absolute atomic E-state index is 0.226. The summed E-state index contributed by atoms with van der Waals surface area (Å²) in [6.07, 6.45) is 3.60. The molecule has 2 aromatic heterocycles. The fourth-order valence-electron chi connectivity index (χ4n) is 1.89. The van der Waals surface area contributed by atoms with Crippen molar-refractivity contribution in [1.82, 2.24) is 24.7 Å². The SMILES string of the molecule is Cc1cnn(CCNS(=O)(=O)c2c(C)n[nH]c2C)c1. The van der Waals surface area contributed by atoms with Gasteiger partial charge in [-0.25, -0.2) is 13.1 Å². The van der Waals surface area contributed by atoms with Crippen LogP contribution in [0.1, 0.15) is 17.0 Å². The fourth-order valence-corrected chi connectivity index (χ4v) is 3.28. The van der Waals surface area contributed by atoms with Crippen LogP contribution in [-0.2, 0) is 16.6 Å². The van der Waals surface area contributed by atoms with Crippen LogP contribution in [0.15, 0.2) is 17.3 Å². The normalized spacial score (nSPS) is 11.9. The van der Waals surface area contributed by atoms with Gasteiger partial charge in [0.15, 0.2) is 0 Å². The Balaban J connectivity index is 2.03. The highest BCUT2D eigenvalue weighted by atomic mass is 32.2. The zero-order valence-electron chi connectivity index (χ0n) is 11.1. The highest BCUT2D eigenvalue weighted by Gasteiger charge is 2.21. The number of sulfonamides is 1. The van der Waals surface area contributed by atoms with Gasteiger partial charge in [-0.3, -0.25) is 9.78 Å². The van der Waals surface area contributed by atoms with Crippen molar-refractivity contribution >= 4 is 10.0 Å². The van der Waals surface area contributed by atoms with Gasteiger partial charge in [0.25, 0.3) is 0 Å². The summed E-state index contributed by atoms with van der Waals surface area (Å²) in [5.41, 5.74) is 2.06. The van der Waals surface area contributed by atoms with Crippen molar-refractivity contribution in [3.8, 4) is 0 Å². The van der Waals surface area contributed by atoms with Crippen molar-refractivity contribution in [2.45, 2.75) is 32.2 Å². The monoisotopic (exact) mass is 283 g/mol. The number of hydrogen-bond acceptors (Lipinski definition) is 4. The van der Waals surface area contributed by atoms with Gasteiger partial charge >= 0.3 is 0 Å². The molecule has 0 aromatic carbocycles. The second-order valence-electron chi connectivity index (χ2n) is 4.44. The molecule has 0 amide bonds. The molecule has 0 unspecified atom stereocenters. The first-order chi connectivity index (χ1) is 8.90. The summed E-state index contributed by atoms with van der Waals surface area (Å²) < 4.78 is 28.5. The van der Waals surface area contributed by atoms with Crippen molar-refractivity contribution in [2.75, 3.05) is 6.54 Å². The van der Waals surface area contributed by atoms with Gasteiger partial charge in [0, 0.05) is 12.7 Å². The van der Waals surface area contributed by atoms with Gasteiger partial charge in [-0.15, -0.1) is 0 Å². The Morgan fingerprint density at radius 2 is 2.11 bits per heavy atom. The number of aryl methyl sites for hydroxylation is 3. The lowest BCUT2D eigenvalue weighted by Gasteiger charge is -2.06. The second kappa shape index (κ2) is 5.14. The Hall–Kier alpha value is -1.67. The summed E-state index contributed by atoms with van der Waals surface area (Å²) >= 11 is 0. The van der Waals surface area contributed by atoms with Crippen LogP contribution in [0.2, 0.25) is 0 Å². The first-order valence-electron chi connectivity index (χ1n) is 5.90. The summed E-state index contributed by atoms with van der Waals surface area (Å²) in [5, 5.41) is 10.7. The van der Waals surface area contributed by atoms with E-state index in [1.54, 1.807) is 24.7 Å². The molecule has 0 fully saturated rings.